The minimum Gasteiger partial charge on any atom is -0.311 e. The summed E-state index contributed by atoms with van der Waals surface area (Å²) < 4.78 is 0. The number of hydrogen-bond donors (Lipinski definition) is 0. The summed E-state index contributed by atoms with van der Waals surface area (Å²) in [6.07, 6.45) is 0.954. The predicted molar refractivity (Wildman–Crippen MR) is 102 cm³/mol. The van der Waals surface area contributed by atoms with Crippen molar-refractivity contribution in [2.24, 2.45) is 0 Å². The van der Waals surface area contributed by atoms with E-state index in [0.717, 1.165) is 23.5 Å². The number of nitrogens with zero attached hydrogens (tertiary/aromatic N) is 1. The van der Waals surface area contributed by atoms with Crippen LogP contribution in [0.15, 0.2) is 71.6 Å². The Morgan fingerprint density at radius 1 is 1.00 bits per heavy atom. The zero-order valence-electron chi connectivity index (χ0n) is 13.6. The number of fused-ring (bicyclic) bond motifs is 2. The Hall–Kier alpha value is -2.26. The number of thioether (sulfide) groups is 1. The van der Waals surface area contributed by atoms with Crippen LogP contribution in [-0.4, -0.2) is 17.7 Å². The van der Waals surface area contributed by atoms with Crippen molar-refractivity contribution in [1.82, 2.24) is 0 Å². The van der Waals surface area contributed by atoms with Gasteiger partial charge in [-0.3, -0.25) is 4.79 Å². The molecule has 120 valence electrons. The van der Waals surface area contributed by atoms with Gasteiger partial charge in [0.2, 0.25) is 5.91 Å². The quantitative estimate of drug-likeness (QED) is 0.635. The van der Waals surface area contributed by atoms with Gasteiger partial charge in [-0.25, -0.2) is 0 Å². The molecule has 0 aromatic heterocycles. The summed E-state index contributed by atoms with van der Waals surface area (Å²) in [6.45, 7) is 2.80. The molecule has 1 amide bonds. The standard InChI is InChI=1S/C21H19NOS/c1-15(21(23)22-13-12-17-7-4-5-9-20(17)22)24-19-11-10-16-6-2-3-8-18(16)14-19/h2-11,14-15H,12-13H2,1H3. The highest BCUT2D eigenvalue weighted by Gasteiger charge is 2.28. The molecule has 0 saturated heterocycles. The van der Waals surface area contributed by atoms with Gasteiger partial charge in [0.25, 0.3) is 0 Å². The fourth-order valence-electron chi connectivity index (χ4n) is 3.28. The SMILES string of the molecule is CC(Sc1ccc2ccccc2c1)C(=O)N1CCc2ccccc21. The van der Waals surface area contributed by atoms with Crippen molar-refractivity contribution in [3.63, 3.8) is 0 Å². The average Bonchev–Trinajstić information content (AvgIpc) is 3.05. The zero-order chi connectivity index (χ0) is 16.5. The molecule has 0 aliphatic carbocycles. The topological polar surface area (TPSA) is 20.3 Å². The molecule has 0 saturated carbocycles. The van der Waals surface area contributed by atoms with Crippen molar-refractivity contribution >= 4 is 34.1 Å². The van der Waals surface area contributed by atoms with Crippen LogP contribution < -0.4 is 4.90 Å². The largest absolute Gasteiger partial charge is 0.311 e. The summed E-state index contributed by atoms with van der Waals surface area (Å²) in [7, 11) is 0. The summed E-state index contributed by atoms with van der Waals surface area (Å²) in [6, 6.07) is 22.9. The van der Waals surface area contributed by atoms with E-state index in [1.807, 2.05) is 42.2 Å². The summed E-state index contributed by atoms with van der Waals surface area (Å²) in [5, 5.41) is 2.35. The van der Waals surface area contributed by atoms with Gasteiger partial charge in [-0.15, -0.1) is 11.8 Å². The minimum atomic E-state index is -0.0997. The monoisotopic (exact) mass is 333 g/mol. The lowest BCUT2D eigenvalue weighted by Gasteiger charge is -2.21. The highest BCUT2D eigenvalue weighted by molar-refractivity contribution is 8.00. The van der Waals surface area contributed by atoms with Crippen LogP contribution in [0.25, 0.3) is 10.8 Å². The second-order valence-electron chi connectivity index (χ2n) is 6.14. The number of carbonyl (C=O) groups excluding carboxylic acids is 1. The van der Waals surface area contributed by atoms with Gasteiger partial charge in [0.05, 0.1) is 5.25 Å². The lowest BCUT2D eigenvalue weighted by Crippen LogP contribution is -2.35. The van der Waals surface area contributed by atoms with E-state index in [9.17, 15) is 4.79 Å². The van der Waals surface area contributed by atoms with Crippen molar-refractivity contribution in [3.05, 3.63) is 72.3 Å². The number of amides is 1. The first-order valence-corrected chi connectivity index (χ1v) is 9.15. The van der Waals surface area contributed by atoms with Crippen molar-refractivity contribution in [3.8, 4) is 0 Å². The number of para-hydroxylation sites is 1. The molecule has 2 nitrogen and oxygen atoms in total. The van der Waals surface area contributed by atoms with Crippen molar-refractivity contribution in [2.45, 2.75) is 23.5 Å². The van der Waals surface area contributed by atoms with E-state index in [0.29, 0.717) is 0 Å². The fourth-order valence-corrected chi connectivity index (χ4v) is 4.26. The minimum absolute atomic E-state index is 0.0997. The molecule has 1 unspecified atom stereocenters. The lowest BCUT2D eigenvalue weighted by atomic mass is 10.1. The van der Waals surface area contributed by atoms with Crippen molar-refractivity contribution in [2.75, 3.05) is 11.4 Å². The Morgan fingerprint density at radius 3 is 2.62 bits per heavy atom. The maximum absolute atomic E-state index is 12.9. The molecule has 0 fully saturated rings. The van der Waals surface area contributed by atoms with Crippen LogP contribution in [0.4, 0.5) is 5.69 Å². The molecule has 1 aliphatic rings. The predicted octanol–water partition coefficient (Wildman–Crippen LogP) is 4.91. The van der Waals surface area contributed by atoms with E-state index in [2.05, 4.69) is 36.4 Å². The molecule has 0 N–H and O–H groups in total. The van der Waals surface area contributed by atoms with E-state index in [1.165, 1.54) is 16.3 Å². The number of carbonyl (C=O) groups is 1. The molecule has 3 heteroatoms. The Kier molecular flexibility index (Phi) is 4.03. The third kappa shape index (κ3) is 2.80. The van der Waals surface area contributed by atoms with Crippen LogP contribution >= 0.6 is 11.8 Å². The molecule has 3 aromatic rings. The van der Waals surface area contributed by atoms with E-state index in [1.54, 1.807) is 11.8 Å². The Labute approximate surface area is 146 Å². The van der Waals surface area contributed by atoms with Gasteiger partial charge in [-0.05, 0) is 47.9 Å². The van der Waals surface area contributed by atoms with Gasteiger partial charge in [-0.1, -0.05) is 48.5 Å². The maximum atomic E-state index is 12.9. The highest BCUT2D eigenvalue weighted by Crippen LogP contribution is 2.32. The number of rotatable bonds is 3. The summed E-state index contributed by atoms with van der Waals surface area (Å²) >= 11 is 1.64. The normalized spacial score (nSPS) is 14.6. The Bertz CT molecular complexity index is 905. The third-order valence-electron chi connectivity index (χ3n) is 4.53. The van der Waals surface area contributed by atoms with E-state index < -0.39 is 0 Å². The summed E-state index contributed by atoms with van der Waals surface area (Å²) in [5.41, 5.74) is 2.35. The Morgan fingerprint density at radius 2 is 1.75 bits per heavy atom. The van der Waals surface area contributed by atoms with Gasteiger partial charge >= 0.3 is 0 Å². The van der Waals surface area contributed by atoms with Crippen LogP contribution in [0, 0.1) is 0 Å². The van der Waals surface area contributed by atoms with Crippen LogP contribution in [0.5, 0.6) is 0 Å². The van der Waals surface area contributed by atoms with Crippen molar-refractivity contribution < 1.29 is 4.79 Å². The molecule has 3 aromatic carbocycles. The first kappa shape index (κ1) is 15.3. The molecule has 4 rings (SSSR count). The summed E-state index contributed by atoms with van der Waals surface area (Å²) in [5.74, 6) is 0.193. The van der Waals surface area contributed by atoms with Gasteiger partial charge < -0.3 is 4.90 Å². The molecule has 0 radical (unpaired) electrons. The highest BCUT2D eigenvalue weighted by atomic mass is 32.2. The zero-order valence-corrected chi connectivity index (χ0v) is 14.4. The van der Waals surface area contributed by atoms with E-state index in [-0.39, 0.29) is 11.2 Å². The molecule has 0 spiro atoms. The molecule has 1 aliphatic heterocycles. The molecule has 1 heterocycles. The summed E-state index contributed by atoms with van der Waals surface area (Å²) in [4.78, 5) is 16.0. The second kappa shape index (κ2) is 6.33. The molecular weight excluding hydrogens is 314 g/mol. The molecule has 24 heavy (non-hydrogen) atoms. The Balaban J connectivity index is 1.53. The van der Waals surface area contributed by atoms with Crippen LogP contribution in [-0.2, 0) is 11.2 Å². The van der Waals surface area contributed by atoms with Gasteiger partial charge in [0.15, 0.2) is 0 Å². The number of hydrogen-bond acceptors (Lipinski definition) is 2. The number of benzene rings is 3. The lowest BCUT2D eigenvalue weighted by molar-refractivity contribution is -0.117. The smallest absolute Gasteiger partial charge is 0.240 e. The van der Waals surface area contributed by atoms with Crippen LogP contribution in [0.2, 0.25) is 0 Å². The maximum Gasteiger partial charge on any atom is 0.240 e. The van der Waals surface area contributed by atoms with Crippen molar-refractivity contribution in [1.29, 1.82) is 0 Å². The van der Waals surface area contributed by atoms with E-state index >= 15 is 0 Å². The average molecular weight is 333 g/mol. The first-order chi connectivity index (χ1) is 11.7. The molecule has 0 bridgehead atoms. The number of anilines is 1. The van der Waals surface area contributed by atoms with Gasteiger partial charge in [-0.2, -0.15) is 0 Å². The van der Waals surface area contributed by atoms with Crippen LogP contribution in [0.3, 0.4) is 0 Å². The van der Waals surface area contributed by atoms with Gasteiger partial charge in [0.1, 0.15) is 0 Å². The molecular formula is C21H19NOS. The first-order valence-electron chi connectivity index (χ1n) is 8.27. The van der Waals surface area contributed by atoms with Gasteiger partial charge in [0, 0.05) is 17.1 Å². The second-order valence-corrected chi connectivity index (χ2v) is 7.55. The molecule has 1 atom stereocenters. The third-order valence-corrected chi connectivity index (χ3v) is 5.62. The van der Waals surface area contributed by atoms with E-state index in [4.69, 9.17) is 0 Å². The van der Waals surface area contributed by atoms with Crippen LogP contribution in [0.1, 0.15) is 12.5 Å². The fraction of sp³-hybridized carbons (Fsp3) is 0.190.